The molecule has 4 atom stereocenters. The fraction of sp³-hybridized carbons (Fsp3) is 0.591. The molecule has 1 aliphatic rings. The highest BCUT2D eigenvalue weighted by Crippen LogP contribution is 2.29. The zero-order valence-corrected chi connectivity index (χ0v) is 21.2. The van der Waals surface area contributed by atoms with Crippen LogP contribution in [0.3, 0.4) is 0 Å². The standard InChI is InChI=1S/C22H33ClFIN4O2/c1-22(2,3)11-16(26)21(31)29-9-5-6-17(29)20(30)28-12-13-10-14(23)7-8-15(13)18(27)19(24)25-4/h7-8,10,16-19H,4-6,9,11-12,26-27H2,1-3H3,(H,28,30)/t16-,17-,18?,19?/m0/s1. The van der Waals surface area contributed by atoms with Crippen LogP contribution in [-0.2, 0) is 16.1 Å². The van der Waals surface area contributed by atoms with Crippen LogP contribution in [0, 0.1) is 5.41 Å². The number of alkyl halides is 2. The number of nitrogens with zero attached hydrogens (tertiary/aromatic N) is 1. The number of halogens is 3. The van der Waals surface area contributed by atoms with E-state index in [0.717, 1.165) is 6.42 Å². The number of hydrogen-bond acceptors (Lipinski definition) is 4. The van der Waals surface area contributed by atoms with Crippen LogP contribution in [0.25, 0.3) is 0 Å². The number of carbonyl (C=O) groups excluding carboxylic acids is 2. The largest absolute Gasteiger partial charge is 0.350 e. The first-order valence-electron chi connectivity index (χ1n) is 10.3. The summed E-state index contributed by atoms with van der Waals surface area (Å²) in [6.07, 6.45) is 1.87. The number of benzene rings is 1. The maximum atomic E-state index is 14.2. The highest BCUT2D eigenvalue weighted by atomic mass is 127. The Kier molecular flexibility index (Phi) is 9.41. The van der Waals surface area contributed by atoms with E-state index < -0.39 is 43.0 Å². The summed E-state index contributed by atoms with van der Waals surface area (Å²) < 4.78 is 16.6. The Morgan fingerprint density at radius 1 is 1.39 bits per heavy atom. The van der Waals surface area contributed by atoms with Gasteiger partial charge in [-0.25, -0.2) is 4.39 Å². The van der Waals surface area contributed by atoms with Crippen molar-refractivity contribution in [3.8, 4) is 0 Å². The van der Waals surface area contributed by atoms with E-state index in [0.29, 0.717) is 35.5 Å². The molecule has 174 valence electrons. The number of carbonyl (C=O) groups is 2. The van der Waals surface area contributed by atoms with Crippen LogP contribution in [-0.4, -0.2) is 44.0 Å². The quantitative estimate of drug-likeness (QED) is 0.332. The smallest absolute Gasteiger partial charge is 0.243 e. The van der Waals surface area contributed by atoms with Crippen molar-refractivity contribution < 1.29 is 14.0 Å². The van der Waals surface area contributed by atoms with Crippen LogP contribution in [0.2, 0.25) is 5.02 Å². The zero-order valence-electron chi connectivity index (χ0n) is 18.3. The summed E-state index contributed by atoms with van der Waals surface area (Å²) in [5, 5.41) is 3.35. The van der Waals surface area contributed by atoms with Crippen molar-refractivity contribution in [1.82, 2.24) is 10.2 Å². The molecule has 0 aliphatic carbocycles. The van der Waals surface area contributed by atoms with E-state index in [4.69, 9.17) is 23.1 Å². The van der Waals surface area contributed by atoms with E-state index >= 15 is 0 Å². The van der Waals surface area contributed by atoms with Crippen LogP contribution in [0.5, 0.6) is 0 Å². The van der Waals surface area contributed by atoms with Crippen molar-refractivity contribution in [2.75, 3.05) is 6.54 Å². The summed E-state index contributed by atoms with van der Waals surface area (Å²) in [4.78, 5) is 27.3. The van der Waals surface area contributed by atoms with Gasteiger partial charge in [-0.3, -0.25) is 9.59 Å². The molecular formula is C22H33ClFIN4O2. The lowest BCUT2D eigenvalue weighted by atomic mass is 9.88. The molecule has 0 spiro atoms. The maximum Gasteiger partial charge on any atom is 0.243 e. The predicted molar refractivity (Wildman–Crippen MR) is 133 cm³/mol. The molecule has 31 heavy (non-hydrogen) atoms. The second kappa shape index (κ2) is 11.2. The van der Waals surface area contributed by atoms with Gasteiger partial charge in [-0.1, -0.05) is 63.7 Å². The van der Waals surface area contributed by atoms with Crippen molar-refractivity contribution in [2.45, 2.75) is 68.9 Å². The third-order valence-corrected chi connectivity index (χ3v) is 7.18. The summed E-state index contributed by atoms with van der Waals surface area (Å²) >= 11 is 5.19. The number of nitrogens with one attached hydrogen (secondary N) is 1. The SMILES string of the molecule is C=IC(F)C(N)c1ccc(Cl)cc1CNC(=O)[C@@H]1CCCN1C(=O)[C@@H](N)CC(C)(C)C. The Balaban J connectivity index is 2.09. The van der Waals surface area contributed by atoms with Crippen molar-refractivity contribution in [2.24, 2.45) is 16.9 Å². The van der Waals surface area contributed by atoms with E-state index in [1.807, 2.05) is 20.8 Å². The fourth-order valence-electron chi connectivity index (χ4n) is 3.85. The van der Waals surface area contributed by atoms with Crippen LogP contribution >= 0.6 is 32.3 Å². The molecule has 5 N–H and O–H groups in total. The van der Waals surface area contributed by atoms with Gasteiger partial charge in [0.25, 0.3) is 0 Å². The lowest BCUT2D eigenvalue weighted by Gasteiger charge is -2.29. The monoisotopic (exact) mass is 566 g/mol. The highest BCUT2D eigenvalue weighted by Gasteiger charge is 2.37. The normalized spacial score (nSPS) is 19.7. The van der Waals surface area contributed by atoms with E-state index in [9.17, 15) is 14.0 Å². The van der Waals surface area contributed by atoms with Gasteiger partial charge < -0.3 is 21.7 Å². The molecule has 1 aliphatic heterocycles. The van der Waals surface area contributed by atoms with Gasteiger partial charge in [0.1, 0.15) is 6.04 Å². The molecule has 1 fully saturated rings. The summed E-state index contributed by atoms with van der Waals surface area (Å²) in [7, 11) is 0. The van der Waals surface area contributed by atoms with Crippen molar-refractivity contribution >= 4 is 48.7 Å². The third kappa shape index (κ3) is 7.20. The number of likely N-dealkylation sites (tertiary alicyclic amines) is 1. The van der Waals surface area contributed by atoms with E-state index in [-0.39, 0.29) is 23.8 Å². The second-order valence-electron chi connectivity index (χ2n) is 9.14. The van der Waals surface area contributed by atoms with Crippen LogP contribution in [0.4, 0.5) is 4.39 Å². The van der Waals surface area contributed by atoms with Crippen LogP contribution < -0.4 is 16.8 Å². The zero-order chi connectivity index (χ0) is 23.3. The molecule has 0 aromatic heterocycles. The minimum absolute atomic E-state index is 0.0845. The first-order valence-corrected chi connectivity index (χ1v) is 13.5. The summed E-state index contributed by atoms with van der Waals surface area (Å²) in [5.41, 5.74) is 13.4. The third-order valence-electron chi connectivity index (χ3n) is 5.32. The molecule has 1 aromatic rings. The molecule has 9 heteroatoms. The van der Waals surface area contributed by atoms with Crippen LogP contribution in [0.15, 0.2) is 18.2 Å². The van der Waals surface area contributed by atoms with Gasteiger partial charge in [0.05, 0.1) is 12.1 Å². The first kappa shape index (κ1) is 26.2. The summed E-state index contributed by atoms with van der Waals surface area (Å²) in [6, 6.07) is 3.02. The fourth-order valence-corrected chi connectivity index (χ4v) is 4.98. The average Bonchev–Trinajstić information content (AvgIpc) is 3.19. The molecule has 1 aromatic carbocycles. The predicted octanol–water partition coefficient (Wildman–Crippen LogP) is 3.41. The minimum atomic E-state index is -1.19. The molecule has 0 saturated carbocycles. The Bertz CT molecular complexity index is 817. The summed E-state index contributed by atoms with van der Waals surface area (Å²) in [6.45, 7) is 6.75. The van der Waals surface area contributed by atoms with E-state index in [1.54, 1.807) is 23.1 Å². The molecule has 0 bridgehead atoms. The Morgan fingerprint density at radius 3 is 2.68 bits per heavy atom. The highest BCUT2D eigenvalue weighted by molar-refractivity contribution is 14.2. The molecule has 1 saturated heterocycles. The van der Waals surface area contributed by atoms with Gasteiger partial charge in [0.15, 0.2) is 4.18 Å². The van der Waals surface area contributed by atoms with Gasteiger partial charge >= 0.3 is 0 Å². The van der Waals surface area contributed by atoms with E-state index in [2.05, 4.69) is 9.83 Å². The molecule has 2 amide bonds. The lowest BCUT2D eigenvalue weighted by Crippen LogP contribution is -2.51. The number of hydrogen-bond donors (Lipinski definition) is 3. The van der Waals surface area contributed by atoms with E-state index in [1.165, 1.54) is 0 Å². The Hall–Kier alpha value is -1.10. The number of rotatable bonds is 8. The topological polar surface area (TPSA) is 101 Å². The molecule has 1 heterocycles. The Morgan fingerprint density at radius 2 is 2.06 bits per heavy atom. The molecule has 0 radical (unpaired) electrons. The Labute approximate surface area is 199 Å². The van der Waals surface area contributed by atoms with Crippen LogP contribution in [0.1, 0.15) is 57.2 Å². The molecule has 6 nitrogen and oxygen atoms in total. The van der Waals surface area contributed by atoms with Gasteiger partial charge in [0, 0.05) is 18.1 Å². The molecule has 2 unspecified atom stereocenters. The van der Waals surface area contributed by atoms with Gasteiger partial charge in [-0.2, -0.15) is 0 Å². The molecular weight excluding hydrogens is 534 g/mol. The molecule has 2 rings (SSSR count). The summed E-state index contributed by atoms with van der Waals surface area (Å²) in [5.74, 6) is -0.452. The van der Waals surface area contributed by atoms with Crippen molar-refractivity contribution in [3.05, 3.63) is 34.3 Å². The van der Waals surface area contributed by atoms with Gasteiger partial charge in [-0.15, -0.1) is 0 Å². The number of amides is 2. The first-order chi connectivity index (χ1) is 14.4. The van der Waals surface area contributed by atoms with Gasteiger partial charge in [-0.05, 0) is 47.9 Å². The second-order valence-corrected chi connectivity index (χ2v) is 11.6. The lowest BCUT2D eigenvalue weighted by molar-refractivity contribution is -0.139. The number of nitrogens with two attached hydrogens (primary N) is 2. The average molecular weight is 567 g/mol. The van der Waals surface area contributed by atoms with Crippen molar-refractivity contribution in [3.63, 3.8) is 0 Å². The van der Waals surface area contributed by atoms with Crippen molar-refractivity contribution in [1.29, 1.82) is 0 Å². The maximum absolute atomic E-state index is 14.2. The van der Waals surface area contributed by atoms with Gasteiger partial charge in [0.2, 0.25) is 11.8 Å². The minimum Gasteiger partial charge on any atom is -0.350 e.